The Morgan fingerprint density at radius 2 is 2.16 bits per heavy atom. The molecule has 1 fully saturated rings. The summed E-state index contributed by atoms with van der Waals surface area (Å²) < 4.78 is 1.90. The minimum atomic E-state index is -0.217. The molecule has 1 atom stereocenters. The Labute approximate surface area is 167 Å². The maximum Gasteiger partial charge on any atom is 0.217 e. The molecule has 0 spiro atoms. The topological polar surface area (TPSA) is 88.5 Å². The second-order valence-corrected chi connectivity index (χ2v) is 6.57. The summed E-state index contributed by atoms with van der Waals surface area (Å²) in [6, 6.07) is 0. The number of rotatable bonds is 5. The zero-order chi connectivity index (χ0) is 17.7. The van der Waals surface area contributed by atoms with Crippen LogP contribution >= 0.6 is 24.0 Å². The van der Waals surface area contributed by atoms with Crippen molar-refractivity contribution in [1.82, 2.24) is 20.0 Å². The standard InChI is InChI=1S/C17H30N6O.HI/c1-5-19-17(20-10-15-12(2)21-22(4)13(15)3)23-8-6-7-14(11-23)9-16(18)24;/h14H,5-11H2,1-4H3,(H2,18,24)(H,19,20);1H. The van der Waals surface area contributed by atoms with Crippen LogP contribution in [0.5, 0.6) is 0 Å². The van der Waals surface area contributed by atoms with Crippen molar-refractivity contribution in [2.75, 3.05) is 19.6 Å². The number of hydrogen-bond acceptors (Lipinski definition) is 3. The lowest BCUT2D eigenvalue weighted by Gasteiger charge is -2.34. The van der Waals surface area contributed by atoms with Crippen LogP contribution in [0.2, 0.25) is 0 Å². The monoisotopic (exact) mass is 462 g/mol. The SMILES string of the molecule is CCNC(=NCc1c(C)nn(C)c1C)N1CCCC(CC(N)=O)C1.I. The average molecular weight is 462 g/mol. The molecular formula is C17H31IN6O. The Morgan fingerprint density at radius 3 is 2.72 bits per heavy atom. The van der Waals surface area contributed by atoms with Gasteiger partial charge in [-0.15, -0.1) is 24.0 Å². The third kappa shape index (κ3) is 5.86. The van der Waals surface area contributed by atoms with Gasteiger partial charge in [-0.3, -0.25) is 9.48 Å². The van der Waals surface area contributed by atoms with Gasteiger partial charge in [-0.2, -0.15) is 5.10 Å². The number of aryl methyl sites for hydroxylation is 2. The fraction of sp³-hybridized carbons (Fsp3) is 0.706. The molecule has 0 aromatic carbocycles. The molecular weight excluding hydrogens is 431 g/mol. The minimum absolute atomic E-state index is 0. The lowest BCUT2D eigenvalue weighted by molar-refractivity contribution is -0.119. The molecule has 1 aromatic rings. The van der Waals surface area contributed by atoms with Gasteiger partial charge in [0.2, 0.25) is 5.91 Å². The van der Waals surface area contributed by atoms with Crippen molar-refractivity contribution < 1.29 is 4.79 Å². The summed E-state index contributed by atoms with van der Waals surface area (Å²) in [7, 11) is 1.96. The predicted molar refractivity (Wildman–Crippen MR) is 111 cm³/mol. The number of likely N-dealkylation sites (tertiary alicyclic amines) is 1. The molecule has 1 aliphatic rings. The van der Waals surface area contributed by atoms with E-state index >= 15 is 0 Å². The van der Waals surface area contributed by atoms with Crippen molar-refractivity contribution in [2.24, 2.45) is 23.7 Å². The average Bonchev–Trinajstić information content (AvgIpc) is 2.76. The number of guanidine groups is 1. The van der Waals surface area contributed by atoms with E-state index in [4.69, 9.17) is 10.7 Å². The van der Waals surface area contributed by atoms with Crippen molar-refractivity contribution in [2.45, 2.75) is 46.6 Å². The number of nitrogens with one attached hydrogen (secondary N) is 1. The number of aromatic nitrogens is 2. The van der Waals surface area contributed by atoms with Crippen LogP contribution in [0.1, 0.15) is 43.1 Å². The molecule has 2 rings (SSSR count). The van der Waals surface area contributed by atoms with E-state index in [1.165, 1.54) is 5.56 Å². The molecule has 2 heterocycles. The van der Waals surface area contributed by atoms with Gasteiger partial charge in [-0.05, 0) is 39.5 Å². The summed E-state index contributed by atoms with van der Waals surface area (Å²) in [6.45, 7) is 9.40. The Hall–Kier alpha value is -1.32. The van der Waals surface area contributed by atoms with Gasteiger partial charge in [0, 0.05) is 44.4 Å². The molecule has 1 saturated heterocycles. The quantitative estimate of drug-likeness (QED) is 0.396. The van der Waals surface area contributed by atoms with Crippen LogP contribution in [0.15, 0.2) is 4.99 Å². The van der Waals surface area contributed by atoms with E-state index in [-0.39, 0.29) is 29.9 Å². The maximum absolute atomic E-state index is 11.2. The zero-order valence-corrected chi connectivity index (χ0v) is 18.0. The van der Waals surface area contributed by atoms with Crippen molar-refractivity contribution in [3.05, 3.63) is 17.0 Å². The lowest BCUT2D eigenvalue weighted by Crippen LogP contribution is -2.47. The molecule has 7 nitrogen and oxygen atoms in total. The van der Waals surface area contributed by atoms with E-state index in [0.29, 0.717) is 18.9 Å². The fourth-order valence-corrected chi connectivity index (χ4v) is 3.33. The van der Waals surface area contributed by atoms with Gasteiger partial charge in [0.1, 0.15) is 0 Å². The summed E-state index contributed by atoms with van der Waals surface area (Å²) in [5.74, 6) is 1.02. The van der Waals surface area contributed by atoms with Gasteiger partial charge in [0.05, 0.1) is 12.2 Å². The van der Waals surface area contributed by atoms with E-state index in [1.807, 2.05) is 18.7 Å². The normalized spacial score (nSPS) is 18.0. The van der Waals surface area contributed by atoms with Gasteiger partial charge in [-0.1, -0.05) is 0 Å². The maximum atomic E-state index is 11.2. The molecule has 0 aliphatic carbocycles. The number of nitrogens with zero attached hydrogens (tertiary/aromatic N) is 4. The van der Waals surface area contributed by atoms with Gasteiger partial charge >= 0.3 is 0 Å². The highest BCUT2D eigenvalue weighted by Crippen LogP contribution is 2.20. The van der Waals surface area contributed by atoms with E-state index in [1.54, 1.807) is 0 Å². The number of primary amides is 1. The number of amides is 1. The lowest BCUT2D eigenvalue weighted by atomic mass is 9.95. The van der Waals surface area contributed by atoms with Gasteiger partial charge in [0.25, 0.3) is 0 Å². The first kappa shape index (κ1) is 21.7. The van der Waals surface area contributed by atoms with Crippen molar-refractivity contribution in [3.63, 3.8) is 0 Å². The van der Waals surface area contributed by atoms with Crippen LogP contribution in [-0.2, 0) is 18.4 Å². The summed E-state index contributed by atoms with van der Waals surface area (Å²) in [6.07, 6.45) is 2.57. The molecule has 1 aromatic heterocycles. The first-order valence-corrected chi connectivity index (χ1v) is 8.73. The molecule has 0 radical (unpaired) electrons. The number of carbonyl (C=O) groups is 1. The van der Waals surface area contributed by atoms with E-state index < -0.39 is 0 Å². The van der Waals surface area contributed by atoms with E-state index in [0.717, 1.165) is 49.8 Å². The third-order valence-corrected chi connectivity index (χ3v) is 4.69. The zero-order valence-electron chi connectivity index (χ0n) is 15.7. The summed E-state index contributed by atoms with van der Waals surface area (Å²) in [5.41, 5.74) is 8.72. The number of nitrogens with two attached hydrogens (primary N) is 1. The van der Waals surface area contributed by atoms with Crippen molar-refractivity contribution >= 4 is 35.8 Å². The molecule has 3 N–H and O–H groups in total. The first-order chi connectivity index (χ1) is 11.4. The predicted octanol–water partition coefficient (Wildman–Crippen LogP) is 1.71. The van der Waals surface area contributed by atoms with Crippen LogP contribution in [-0.4, -0.2) is 46.2 Å². The Morgan fingerprint density at radius 1 is 1.44 bits per heavy atom. The Balaban J connectivity index is 0.00000312. The van der Waals surface area contributed by atoms with Crippen LogP contribution in [0.3, 0.4) is 0 Å². The molecule has 142 valence electrons. The van der Waals surface area contributed by atoms with Crippen LogP contribution in [0, 0.1) is 19.8 Å². The number of halogens is 1. The number of carbonyl (C=O) groups excluding carboxylic acids is 1. The van der Waals surface area contributed by atoms with E-state index in [2.05, 4.69) is 29.2 Å². The molecule has 25 heavy (non-hydrogen) atoms. The van der Waals surface area contributed by atoms with Gasteiger partial charge < -0.3 is 16.0 Å². The molecule has 1 aliphatic heterocycles. The summed E-state index contributed by atoms with van der Waals surface area (Å²) >= 11 is 0. The smallest absolute Gasteiger partial charge is 0.217 e. The van der Waals surface area contributed by atoms with Gasteiger partial charge in [0.15, 0.2) is 5.96 Å². The highest BCUT2D eigenvalue weighted by molar-refractivity contribution is 14.0. The number of hydrogen-bond donors (Lipinski definition) is 2. The third-order valence-electron chi connectivity index (χ3n) is 4.69. The highest BCUT2D eigenvalue weighted by atomic mass is 127. The van der Waals surface area contributed by atoms with Crippen LogP contribution < -0.4 is 11.1 Å². The Bertz CT molecular complexity index is 613. The van der Waals surface area contributed by atoms with Crippen molar-refractivity contribution in [3.8, 4) is 0 Å². The first-order valence-electron chi connectivity index (χ1n) is 8.73. The van der Waals surface area contributed by atoms with E-state index in [9.17, 15) is 4.79 Å². The molecule has 8 heteroatoms. The molecule has 1 amide bonds. The highest BCUT2D eigenvalue weighted by Gasteiger charge is 2.23. The summed E-state index contributed by atoms with van der Waals surface area (Å²) in [4.78, 5) is 18.3. The molecule has 0 saturated carbocycles. The molecule has 0 bridgehead atoms. The second-order valence-electron chi connectivity index (χ2n) is 6.57. The molecule has 1 unspecified atom stereocenters. The largest absolute Gasteiger partial charge is 0.370 e. The second kappa shape index (κ2) is 9.98. The minimum Gasteiger partial charge on any atom is -0.370 e. The van der Waals surface area contributed by atoms with Crippen LogP contribution in [0.4, 0.5) is 0 Å². The Kier molecular flexibility index (Phi) is 8.67. The van der Waals surface area contributed by atoms with Crippen LogP contribution in [0.25, 0.3) is 0 Å². The van der Waals surface area contributed by atoms with Gasteiger partial charge in [-0.25, -0.2) is 4.99 Å². The number of aliphatic imine (C=N–C) groups is 1. The fourth-order valence-electron chi connectivity index (χ4n) is 3.33. The number of piperidine rings is 1. The van der Waals surface area contributed by atoms with Crippen molar-refractivity contribution in [1.29, 1.82) is 0 Å². The summed E-state index contributed by atoms with van der Waals surface area (Å²) in [5, 5.41) is 7.83.